The van der Waals surface area contributed by atoms with E-state index in [2.05, 4.69) is 11.9 Å². The van der Waals surface area contributed by atoms with Crippen molar-refractivity contribution in [2.75, 3.05) is 12.3 Å². The van der Waals surface area contributed by atoms with E-state index >= 15 is 0 Å². The van der Waals surface area contributed by atoms with Gasteiger partial charge in [-0.1, -0.05) is 0 Å². The van der Waals surface area contributed by atoms with Crippen molar-refractivity contribution in [3.8, 4) is 0 Å². The third-order valence-electron chi connectivity index (χ3n) is 2.37. The van der Waals surface area contributed by atoms with Crippen molar-refractivity contribution >= 4 is 17.2 Å². The van der Waals surface area contributed by atoms with Crippen LogP contribution in [0.25, 0.3) is 0 Å². The summed E-state index contributed by atoms with van der Waals surface area (Å²) in [6.07, 6.45) is 2.52. The Hall–Kier alpha value is -0.610. The van der Waals surface area contributed by atoms with Crippen molar-refractivity contribution in [3.63, 3.8) is 0 Å². The number of hydrogen-bond acceptors (Lipinski definition) is 4. The Morgan fingerprint density at radius 1 is 1.69 bits per heavy atom. The Bertz CT molecular complexity index is 287. The molecule has 1 aromatic rings. The third-order valence-corrected chi connectivity index (χ3v) is 3.40. The lowest BCUT2D eigenvalue weighted by Gasteiger charge is -2.25. The van der Waals surface area contributed by atoms with Gasteiger partial charge in [0, 0.05) is 17.9 Å². The van der Waals surface area contributed by atoms with Crippen LogP contribution in [0, 0.1) is 0 Å². The van der Waals surface area contributed by atoms with Gasteiger partial charge in [0.05, 0.1) is 11.1 Å². The van der Waals surface area contributed by atoms with Gasteiger partial charge in [0.1, 0.15) is 5.82 Å². The molecule has 1 aromatic heterocycles. The average molecular weight is 198 g/mol. The van der Waals surface area contributed by atoms with Gasteiger partial charge in [-0.3, -0.25) is 0 Å². The molecule has 13 heavy (non-hydrogen) atoms. The van der Waals surface area contributed by atoms with Gasteiger partial charge in [0.25, 0.3) is 0 Å². The van der Waals surface area contributed by atoms with Crippen LogP contribution in [0.2, 0.25) is 0 Å². The van der Waals surface area contributed by atoms with E-state index < -0.39 is 0 Å². The van der Waals surface area contributed by atoms with Crippen molar-refractivity contribution in [1.29, 1.82) is 0 Å². The first-order chi connectivity index (χ1) is 6.25. The lowest BCUT2D eigenvalue weighted by molar-refractivity contribution is 0.0186. The number of aromatic nitrogens is 1. The van der Waals surface area contributed by atoms with Crippen LogP contribution in [-0.4, -0.2) is 17.7 Å². The monoisotopic (exact) mass is 198 g/mol. The van der Waals surface area contributed by atoms with Gasteiger partial charge >= 0.3 is 0 Å². The number of ether oxygens (including phenoxy) is 1. The topological polar surface area (TPSA) is 48.1 Å². The Labute approximate surface area is 81.9 Å². The molecule has 1 aliphatic rings. The summed E-state index contributed by atoms with van der Waals surface area (Å²) >= 11 is 1.67. The molecule has 0 bridgehead atoms. The third kappa shape index (κ3) is 2.00. The number of thiazole rings is 1. The highest BCUT2D eigenvalue weighted by Gasteiger charge is 2.22. The Kier molecular flexibility index (Phi) is 2.51. The summed E-state index contributed by atoms with van der Waals surface area (Å²) in [5, 5.41) is 3.09. The standard InChI is InChI=1S/C9H14N2OS/c1-6-4-7(2-3-12-6)9-11-8(10)5-13-9/h5-7H,2-4,10H2,1H3. The summed E-state index contributed by atoms with van der Waals surface area (Å²) in [7, 11) is 0. The maximum Gasteiger partial charge on any atom is 0.134 e. The van der Waals surface area contributed by atoms with Crippen molar-refractivity contribution < 1.29 is 4.74 Å². The molecule has 2 unspecified atom stereocenters. The molecule has 1 saturated heterocycles. The zero-order valence-corrected chi connectivity index (χ0v) is 8.51. The van der Waals surface area contributed by atoms with Crippen LogP contribution >= 0.6 is 11.3 Å². The quantitative estimate of drug-likeness (QED) is 0.751. The second-order valence-electron chi connectivity index (χ2n) is 3.51. The van der Waals surface area contributed by atoms with Crippen molar-refractivity contribution in [2.45, 2.75) is 31.8 Å². The highest BCUT2D eigenvalue weighted by atomic mass is 32.1. The maximum atomic E-state index is 5.59. The molecular weight excluding hydrogens is 184 g/mol. The van der Waals surface area contributed by atoms with Crippen molar-refractivity contribution in [3.05, 3.63) is 10.4 Å². The van der Waals surface area contributed by atoms with Crippen LogP contribution < -0.4 is 5.73 Å². The average Bonchev–Trinajstić information content (AvgIpc) is 2.52. The van der Waals surface area contributed by atoms with Gasteiger partial charge < -0.3 is 10.5 Å². The molecule has 3 nitrogen and oxygen atoms in total. The van der Waals surface area contributed by atoms with E-state index in [1.54, 1.807) is 11.3 Å². The van der Waals surface area contributed by atoms with E-state index in [-0.39, 0.29) is 0 Å². The fourth-order valence-corrected chi connectivity index (χ4v) is 2.57. The molecule has 1 aliphatic heterocycles. The molecular formula is C9H14N2OS. The molecule has 4 heteroatoms. The van der Waals surface area contributed by atoms with Gasteiger partial charge in [0.15, 0.2) is 0 Å². The zero-order chi connectivity index (χ0) is 9.26. The number of nitrogens with two attached hydrogens (primary N) is 1. The lowest BCUT2D eigenvalue weighted by atomic mass is 9.97. The number of hydrogen-bond donors (Lipinski definition) is 1. The largest absolute Gasteiger partial charge is 0.383 e. The van der Waals surface area contributed by atoms with Gasteiger partial charge in [-0.15, -0.1) is 11.3 Å². The van der Waals surface area contributed by atoms with Crippen LogP contribution in [-0.2, 0) is 4.74 Å². The fourth-order valence-electron chi connectivity index (χ4n) is 1.71. The summed E-state index contributed by atoms with van der Waals surface area (Å²) in [5.74, 6) is 1.21. The van der Waals surface area contributed by atoms with E-state index in [4.69, 9.17) is 10.5 Å². The molecule has 0 radical (unpaired) electrons. The molecule has 2 N–H and O–H groups in total. The maximum absolute atomic E-state index is 5.59. The van der Waals surface area contributed by atoms with Crippen LogP contribution in [0.15, 0.2) is 5.38 Å². The molecule has 2 atom stereocenters. The number of anilines is 1. The normalized spacial score (nSPS) is 29.0. The molecule has 1 fully saturated rings. The van der Waals surface area contributed by atoms with Gasteiger partial charge in [0.2, 0.25) is 0 Å². The first kappa shape index (κ1) is 8.97. The Morgan fingerprint density at radius 3 is 3.15 bits per heavy atom. The first-order valence-corrected chi connectivity index (χ1v) is 5.46. The van der Waals surface area contributed by atoms with Gasteiger partial charge in [-0.25, -0.2) is 4.98 Å². The number of nitrogens with zero attached hydrogens (tertiary/aromatic N) is 1. The predicted molar refractivity (Wildman–Crippen MR) is 53.9 cm³/mol. The Balaban J connectivity index is 2.08. The summed E-state index contributed by atoms with van der Waals surface area (Å²) in [6.45, 7) is 2.97. The second-order valence-corrected chi connectivity index (χ2v) is 4.40. The molecule has 0 amide bonds. The second kappa shape index (κ2) is 3.64. The van der Waals surface area contributed by atoms with Gasteiger partial charge in [-0.05, 0) is 19.8 Å². The van der Waals surface area contributed by atoms with Crippen molar-refractivity contribution in [2.24, 2.45) is 0 Å². The predicted octanol–water partition coefficient (Wildman–Crippen LogP) is 2.01. The van der Waals surface area contributed by atoms with Crippen LogP contribution in [0.3, 0.4) is 0 Å². The van der Waals surface area contributed by atoms with E-state index in [0.29, 0.717) is 17.8 Å². The van der Waals surface area contributed by atoms with E-state index in [9.17, 15) is 0 Å². The molecule has 0 aliphatic carbocycles. The Morgan fingerprint density at radius 2 is 2.54 bits per heavy atom. The minimum Gasteiger partial charge on any atom is -0.383 e. The minimum absolute atomic E-state index is 0.365. The van der Waals surface area contributed by atoms with Crippen LogP contribution in [0.4, 0.5) is 5.82 Å². The summed E-state index contributed by atoms with van der Waals surface area (Å²) in [6, 6.07) is 0. The number of nitrogen functional groups attached to an aromatic ring is 1. The first-order valence-electron chi connectivity index (χ1n) is 4.58. The lowest BCUT2D eigenvalue weighted by Crippen LogP contribution is -2.21. The molecule has 0 spiro atoms. The van der Waals surface area contributed by atoms with Crippen LogP contribution in [0.1, 0.15) is 30.7 Å². The molecule has 72 valence electrons. The number of rotatable bonds is 1. The molecule has 0 saturated carbocycles. The molecule has 2 rings (SSSR count). The SMILES string of the molecule is CC1CC(c2nc(N)cs2)CCO1. The van der Waals surface area contributed by atoms with Gasteiger partial charge in [-0.2, -0.15) is 0 Å². The smallest absolute Gasteiger partial charge is 0.134 e. The summed E-state index contributed by atoms with van der Waals surface area (Å²) in [4.78, 5) is 4.31. The summed E-state index contributed by atoms with van der Waals surface area (Å²) < 4.78 is 5.48. The summed E-state index contributed by atoms with van der Waals surface area (Å²) in [5.41, 5.74) is 5.59. The van der Waals surface area contributed by atoms with E-state index in [0.717, 1.165) is 19.4 Å². The minimum atomic E-state index is 0.365. The highest BCUT2D eigenvalue weighted by molar-refractivity contribution is 7.10. The highest BCUT2D eigenvalue weighted by Crippen LogP contribution is 2.32. The van der Waals surface area contributed by atoms with E-state index in [1.807, 2.05) is 5.38 Å². The zero-order valence-electron chi connectivity index (χ0n) is 7.69. The van der Waals surface area contributed by atoms with Crippen LogP contribution in [0.5, 0.6) is 0 Å². The van der Waals surface area contributed by atoms with Crippen molar-refractivity contribution in [1.82, 2.24) is 4.98 Å². The molecule has 0 aromatic carbocycles. The molecule has 2 heterocycles. The van der Waals surface area contributed by atoms with E-state index in [1.165, 1.54) is 5.01 Å². The fraction of sp³-hybridized carbons (Fsp3) is 0.667.